The zero-order chi connectivity index (χ0) is 57.7. The number of benzene rings is 3. The Morgan fingerprint density at radius 3 is 2.53 bits per heavy atom. The van der Waals surface area contributed by atoms with Crippen molar-refractivity contribution in [3.63, 3.8) is 0 Å². The molecule has 4 saturated heterocycles. The Labute approximate surface area is 474 Å². The molecule has 3 aromatic carbocycles. The maximum Gasteiger partial charge on any atom is 0.324 e. The number of ether oxygens (including phenoxy) is 3. The zero-order valence-electron chi connectivity index (χ0n) is 47.7. The molecule has 0 radical (unpaired) electrons. The van der Waals surface area contributed by atoms with Crippen LogP contribution in [0.5, 0.6) is 5.75 Å². The summed E-state index contributed by atoms with van der Waals surface area (Å²) in [6.45, 7) is 14.0. The van der Waals surface area contributed by atoms with Crippen LogP contribution in [0.1, 0.15) is 107 Å². The third kappa shape index (κ3) is 11.8. The first-order valence-corrected chi connectivity index (χ1v) is 30.1. The van der Waals surface area contributed by atoms with Crippen LogP contribution < -0.4 is 16.5 Å². The number of esters is 1. The molecular weight excluding hydrogens is 1050 g/mol. The minimum absolute atomic E-state index is 0.0162. The number of hydrazine groups is 1. The number of amides is 3. The molecular formula is C62H76N8O10S. The maximum absolute atomic E-state index is 15.0. The van der Waals surface area contributed by atoms with Crippen molar-refractivity contribution >= 4 is 50.1 Å². The number of sulfone groups is 1. The zero-order valence-corrected chi connectivity index (χ0v) is 48.5. The van der Waals surface area contributed by atoms with Gasteiger partial charge in [0.25, 0.3) is 11.8 Å². The standard InChI is InChI=1S/C62H76N8O10S/c1-9-69-53-19-16-41-29-48(53)50(56(69)49-26-38(32-64-54(49)37(4)78-8)12-10-21-68-33-46-30-44(68)34-81(46,76)77)31-62(5,6)35-80-61(75)51-13-11-22-70(66-51)59(73)52(27-39-24-42(41)28-45(71)25-39)65-58(72)55(36(2)3)67(7)60(74)57-47(20-23-79-57)40-14-17-43(63)18-15-40/h14-19,24-26,28-29,32,36-37,44,46-47,51-52,55,57,66,71H,9,11,13,20-23,27,30-31,33-35,63H2,1-8H3,(H,65,72). The van der Waals surface area contributed by atoms with Gasteiger partial charge in [0.05, 0.1) is 41.6 Å². The summed E-state index contributed by atoms with van der Waals surface area (Å²) in [7, 11) is 0.201. The summed E-state index contributed by atoms with van der Waals surface area (Å²) in [6, 6.07) is 17.7. The van der Waals surface area contributed by atoms with Crippen LogP contribution >= 0.6 is 0 Å². The summed E-state index contributed by atoms with van der Waals surface area (Å²) in [6.07, 6.45) is 3.09. The van der Waals surface area contributed by atoms with E-state index in [1.807, 2.05) is 45.0 Å². The van der Waals surface area contributed by atoms with Crippen molar-refractivity contribution in [2.24, 2.45) is 11.3 Å². The molecule has 81 heavy (non-hydrogen) atoms. The van der Waals surface area contributed by atoms with Crippen molar-refractivity contribution in [2.45, 2.75) is 134 Å². The summed E-state index contributed by atoms with van der Waals surface area (Å²) < 4.78 is 45.4. The van der Waals surface area contributed by atoms with Crippen molar-refractivity contribution in [3.8, 4) is 40.0 Å². The number of likely N-dealkylation sites (tertiary alicyclic amines) is 1. The molecule has 2 aromatic heterocycles. The number of carbonyl (C=O) groups excluding carboxylic acids is 4. The third-order valence-corrected chi connectivity index (χ3v) is 19.3. The number of carbonyl (C=O) groups is 4. The number of fused-ring (bicyclic) bond motifs is 8. The number of hydrogen-bond acceptors (Lipinski definition) is 14. The van der Waals surface area contributed by atoms with Gasteiger partial charge in [-0.15, -0.1) is 0 Å². The normalized spacial score (nSPS) is 24.3. The average Bonchev–Trinajstić information content (AvgIpc) is 3.87. The molecule has 5 aromatic rings. The van der Waals surface area contributed by atoms with Gasteiger partial charge in [0, 0.05) is 98.1 Å². The molecule has 3 amide bonds. The molecule has 0 aliphatic carbocycles. The van der Waals surface area contributed by atoms with E-state index in [1.54, 1.807) is 44.6 Å². The fourth-order valence-corrected chi connectivity index (χ4v) is 14.9. The Balaban J connectivity index is 1.02. The van der Waals surface area contributed by atoms with Crippen LogP contribution in [0.3, 0.4) is 0 Å². The summed E-state index contributed by atoms with van der Waals surface area (Å²) in [5.41, 5.74) is 17.1. The number of nitrogens with two attached hydrogens (primary N) is 1. The van der Waals surface area contributed by atoms with Crippen LogP contribution in [0.2, 0.25) is 0 Å². The largest absolute Gasteiger partial charge is 0.508 e. The number of nitrogen functional groups attached to an aromatic ring is 1. The Morgan fingerprint density at radius 2 is 1.83 bits per heavy atom. The molecule has 8 bridgehead atoms. The van der Waals surface area contributed by atoms with E-state index in [0.29, 0.717) is 86.4 Å². The second-order valence-electron chi connectivity index (χ2n) is 23.8. The Bertz CT molecular complexity index is 3420. The molecule has 430 valence electrons. The number of likely N-dealkylation sites (N-methyl/N-ethyl adjacent to an activating group) is 1. The molecule has 10 rings (SSSR count). The number of phenols is 1. The second kappa shape index (κ2) is 23.2. The van der Waals surface area contributed by atoms with Gasteiger partial charge in [0.15, 0.2) is 9.84 Å². The number of phenolic OH excluding ortho intramolecular Hbond substituents is 1. The van der Waals surface area contributed by atoms with Crippen molar-refractivity contribution in [1.29, 1.82) is 0 Å². The van der Waals surface area contributed by atoms with E-state index in [2.05, 4.69) is 71.0 Å². The fourth-order valence-electron chi connectivity index (χ4n) is 12.8. The van der Waals surface area contributed by atoms with Crippen molar-refractivity contribution in [3.05, 3.63) is 101 Å². The highest BCUT2D eigenvalue weighted by Crippen LogP contribution is 2.43. The number of aromatic hydroxyl groups is 1. The summed E-state index contributed by atoms with van der Waals surface area (Å²) in [5.74, 6) is 4.26. The molecule has 0 saturated carbocycles. The highest BCUT2D eigenvalue weighted by Gasteiger charge is 2.48. The topological polar surface area (TPSA) is 228 Å². The van der Waals surface area contributed by atoms with E-state index < -0.39 is 63.4 Å². The molecule has 5 aliphatic rings. The van der Waals surface area contributed by atoms with Crippen LogP contribution in [0, 0.1) is 23.2 Å². The van der Waals surface area contributed by atoms with Gasteiger partial charge in [0.1, 0.15) is 30.0 Å². The van der Waals surface area contributed by atoms with Crippen molar-refractivity contribution in [1.82, 2.24) is 35.1 Å². The van der Waals surface area contributed by atoms with Gasteiger partial charge in [-0.05, 0) is 122 Å². The van der Waals surface area contributed by atoms with E-state index in [9.17, 15) is 32.7 Å². The minimum Gasteiger partial charge on any atom is -0.508 e. The number of methoxy groups -OCH3 is 1. The van der Waals surface area contributed by atoms with Gasteiger partial charge in [-0.2, -0.15) is 0 Å². The van der Waals surface area contributed by atoms with Crippen LogP contribution in [0.4, 0.5) is 5.69 Å². The highest BCUT2D eigenvalue weighted by molar-refractivity contribution is 7.92. The monoisotopic (exact) mass is 1120 g/mol. The fraction of sp³-hybridized carbons (Fsp3) is 0.500. The Hall–Kier alpha value is -6.82. The first-order valence-electron chi connectivity index (χ1n) is 28.4. The van der Waals surface area contributed by atoms with Crippen LogP contribution in [-0.4, -0.2) is 150 Å². The average molecular weight is 1130 g/mol. The number of aryl methyl sites for hydroxylation is 1. The van der Waals surface area contributed by atoms with Crippen LogP contribution in [0.25, 0.3) is 33.3 Å². The van der Waals surface area contributed by atoms with E-state index >= 15 is 0 Å². The minimum atomic E-state index is -3.04. The lowest BCUT2D eigenvalue weighted by atomic mass is 9.84. The number of nitrogens with zero attached hydrogens (tertiary/aromatic N) is 5. The van der Waals surface area contributed by atoms with Gasteiger partial charge in [0.2, 0.25) is 5.91 Å². The van der Waals surface area contributed by atoms with E-state index in [1.165, 1.54) is 9.91 Å². The number of anilines is 1. The summed E-state index contributed by atoms with van der Waals surface area (Å²) >= 11 is 0. The van der Waals surface area contributed by atoms with Gasteiger partial charge in [-0.3, -0.25) is 34.1 Å². The lowest BCUT2D eigenvalue weighted by Crippen LogP contribution is -2.62. The Morgan fingerprint density at radius 1 is 1.05 bits per heavy atom. The second-order valence-corrected chi connectivity index (χ2v) is 26.1. The molecule has 5 N–H and O–H groups in total. The lowest BCUT2D eigenvalue weighted by Gasteiger charge is -2.37. The van der Waals surface area contributed by atoms with Crippen molar-refractivity contribution < 1.29 is 46.9 Å². The van der Waals surface area contributed by atoms with Gasteiger partial charge in [-0.1, -0.05) is 63.8 Å². The molecule has 8 unspecified atom stereocenters. The van der Waals surface area contributed by atoms with Crippen LogP contribution in [-0.2, 0) is 62.6 Å². The van der Waals surface area contributed by atoms with Gasteiger partial charge >= 0.3 is 5.97 Å². The van der Waals surface area contributed by atoms with E-state index in [4.69, 9.17) is 24.9 Å². The molecule has 4 fully saturated rings. The quantitative estimate of drug-likeness (QED) is 0.0646. The lowest BCUT2D eigenvalue weighted by molar-refractivity contribution is -0.155. The van der Waals surface area contributed by atoms with E-state index in [0.717, 1.165) is 38.9 Å². The van der Waals surface area contributed by atoms with Gasteiger partial charge in [-0.25, -0.2) is 13.8 Å². The van der Waals surface area contributed by atoms with E-state index in [-0.39, 0.29) is 60.1 Å². The molecule has 5 aliphatic heterocycles. The predicted octanol–water partition coefficient (Wildman–Crippen LogP) is 6.31. The Kier molecular flexibility index (Phi) is 16.4. The van der Waals surface area contributed by atoms with Gasteiger partial charge < -0.3 is 39.8 Å². The molecule has 7 heterocycles. The molecule has 0 spiro atoms. The third-order valence-electron chi connectivity index (χ3n) is 17.1. The molecule has 18 nitrogen and oxygen atoms in total. The van der Waals surface area contributed by atoms with Crippen LogP contribution in [0.15, 0.2) is 72.9 Å². The number of aromatic nitrogens is 2. The highest BCUT2D eigenvalue weighted by atomic mass is 32.2. The number of rotatable bonds is 11. The molecule has 19 heteroatoms. The number of nitrogens with one attached hydrogen (secondary N) is 2. The number of cyclic esters (lactones) is 1. The number of pyridine rings is 1. The first kappa shape index (κ1) is 57.4. The molecule has 8 atom stereocenters. The first-order chi connectivity index (χ1) is 38.6. The number of hydrogen-bond donors (Lipinski definition) is 4. The maximum atomic E-state index is 15.0. The van der Waals surface area contributed by atoms with Crippen molar-refractivity contribution in [2.75, 3.05) is 58.5 Å². The summed E-state index contributed by atoms with van der Waals surface area (Å²) in [5, 5.41) is 16.6. The SMILES string of the molecule is CCn1c(-c2cc(C#CCN3CC4CC3CS4(=O)=O)cnc2C(C)OC)c2c3cc(ccc31)-c1cc(O)cc(c1)CC(NC(=O)C(C(C)C)N(C)C(=O)C1OCCC1c1ccc(N)cc1)C(=O)N1CCCC(N1)C(=O)OCC(C)(C)C2. The smallest absolute Gasteiger partial charge is 0.324 e. The summed E-state index contributed by atoms with van der Waals surface area (Å²) in [4.78, 5) is 67.0. The predicted molar refractivity (Wildman–Crippen MR) is 309 cm³/mol.